The van der Waals surface area contributed by atoms with Crippen LogP contribution in [-0.2, 0) is 4.79 Å². The van der Waals surface area contributed by atoms with Crippen LogP contribution < -0.4 is 0 Å². The second-order valence-corrected chi connectivity index (χ2v) is 1.21. The predicted octanol–water partition coefficient (Wildman–Crippen LogP) is -0.484. The molecule has 0 aliphatic rings. The van der Waals surface area contributed by atoms with E-state index in [4.69, 9.17) is 16.7 Å². The van der Waals surface area contributed by atoms with Crippen molar-refractivity contribution in [2.45, 2.75) is 6.42 Å². The monoisotopic (exact) mass is 226 g/mol. The molecule has 0 heterocycles. The fraction of sp³-hybridized carbons (Fsp3) is 0.667. The second kappa shape index (κ2) is 6.63. The molecule has 42 valence electrons. The van der Waals surface area contributed by atoms with Crippen molar-refractivity contribution in [3.8, 4) is 0 Å². The van der Waals surface area contributed by atoms with Gasteiger partial charge < -0.3 is 5.11 Å². The summed E-state index contributed by atoms with van der Waals surface area (Å²) in [6.07, 6.45) is 0.0571. The third-order valence-electron chi connectivity index (χ3n) is 0.308. The van der Waals surface area contributed by atoms with Crippen LogP contribution in [0.3, 0.4) is 0 Å². The molecule has 0 aromatic rings. The average molecular weight is 226 g/mol. The first-order chi connectivity index (χ1) is 2.77. The minimum atomic E-state index is -0.843. The summed E-state index contributed by atoms with van der Waals surface area (Å²) in [5, 5.41) is 7.83. The maximum atomic E-state index is 9.51. The van der Waals surface area contributed by atoms with E-state index in [1.165, 1.54) is 0 Å². The van der Waals surface area contributed by atoms with E-state index in [2.05, 4.69) is 0 Å². The van der Waals surface area contributed by atoms with Crippen molar-refractivity contribution < 1.29 is 9.90 Å². The number of hydrogen-bond donors (Lipinski definition) is 1. The molecule has 0 aliphatic heterocycles. The molecule has 1 N–H and O–H groups in total. The van der Waals surface area contributed by atoms with Gasteiger partial charge in [-0.2, -0.15) is 0 Å². The Morgan fingerprint density at radius 3 is 2.14 bits per heavy atom. The van der Waals surface area contributed by atoms with E-state index >= 15 is 0 Å². The van der Waals surface area contributed by atoms with Crippen LogP contribution in [0.2, 0.25) is 0 Å². The maximum absolute atomic E-state index is 9.51. The molecule has 0 bridgehead atoms. The van der Waals surface area contributed by atoms with Crippen LogP contribution in [0.5, 0.6) is 0 Å². The summed E-state index contributed by atoms with van der Waals surface area (Å²) in [6.45, 7) is 0. The molecule has 0 spiro atoms. The van der Waals surface area contributed by atoms with Gasteiger partial charge in [-0.15, -0.1) is 11.6 Å². The van der Waals surface area contributed by atoms with Crippen molar-refractivity contribution in [3.05, 3.63) is 0 Å². The van der Waals surface area contributed by atoms with Crippen LogP contribution in [0.25, 0.3) is 0 Å². The van der Waals surface area contributed by atoms with E-state index in [1.807, 2.05) is 0 Å². The molecule has 0 amide bonds. The van der Waals surface area contributed by atoms with Crippen molar-refractivity contribution in [3.63, 3.8) is 0 Å². The van der Waals surface area contributed by atoms with Crippen LogP contribution in [0, 0.1) is 0 Å². The van der Waals surface area contributed by atoms with Gasteiger partial charge in [-0.1, -0.05) is 0 Å². The van der Waals surface area contributed by atoms with Gasteiger partial charge in [0, 0.05) is 5.88 Å². The summed E-state index contributed by atoms with van der Waals surface area (Å²) in [5.74, 6) is -0.639. The van der Waals surface area contributed by atoms with Crippen LogP contribution in [-0.4, -0.2) is 42.8 Å². The third kappa shape index (κ3) is 10.8. The number of carbonyl (C=O) groups is 1. The van der Waals surface area contributed by atoms with Gasteiger partial charge in [-0.05, 0) is 0 Å². The number of aliphatic carboxylic acids is 1. The van der Waals surface area contributed by atoms with Crippen LogP contribution in [0.1, 0.15) is 6.42 Å². The van der Waals surface area contributed by atoms with E-state index in [0.717, 1.165) is 0 Å². The topological polar surface area (TPSA) is 37.3 Å². The normalized spacial score (nSPS) is 7.00. The summed E-state index contributed by atoms with van der Waals surface area (Å²) in [5.41, 5.74) is 0. The van der Waals surface area contributed by atoms with Gasteiger partial charge >= 0.3 is 31.8 Å². The average Bonchev–Trinajstić information content (AvgIpc) is 1.35. The molecule has 0 fully saturated rings. The van der Waals surface area contributed by atoms with E-state index in [1.54, 1.807) is 0 Å². The summed E-state index contributed by atoms with van der Waals surface area (Å²) in [6, 6.07) is 0. The molecule has 0 atom stereocenters. The van der Waals surface area contributed by atoms with Crippen molar-refractivity contribution in [1.29, 1.82) is 0 Å². The number of carboxylic acid groups (broad SMARTS) is 1. The molecule has 4 heteroatoms. The van der Waals surface area contributed by atoms with Crippen molar-refractivity contribution in [1.82, 2.24) is 0 Å². The van der Waals surface area contributed by atoms with Crippen molar-refractivity contribution in [2.75, 3.05) is 5.88 Å². The molecule has 0 rings (SSSR count). The van der Waals surface area contributed by atoms with Gasteiger partial charge in [0.1, 0.15) is 0 Å². The Hall–Kier alpha value is 0.630. The van der Waals surface area contributed by atoms with Gasteiger partial charge in [0.25, 0.3) is 0 Å². The quantitative estimate of drug-likeness (QED) is 0.646. The molecule has 0 unspecified atom stereocenters. The van der Waals surface area contributed by atoms with E-state index < -0.39 is 5.97 Å². The molecule has 0 saturated carbocycles. The molecule has 2 nitrogen and oxygen atoms in total. The molecule has 0 aromatic heterocycles. The summed E-state index contributed by atoms with van der Waals surface area (Å²) >= 11 is 5.02. The number of carboxylic acids is 1. The SMILES string of the molecule is O=C(O)CCCl.[InH3]. The summed E-state index contributed by atoms with van der Waals surface area (Å²) < 4.78 is 0. The van der Waals surface area contributed by atoms with Gasteiger partial charge in [-0.25, -0.2) is 0 Å². The zero-order valence-corrected chi connectivity index (χ0v) is 3.90. The van der Waals surface area contributed by atoms with Crippen LogP contribution in [0.4, 0.5) is 0 Å². The van der Waals surface area contributed by atoms with E-state index in [-0.39, 0.29) is 38.1 Å². The Bertz CT molecular complexity index is 56.9. The molecule has 0 aliphatic carbocycles. The molecular formula is C3H8ClInO2. The number of rotatable bonds is 2. The fourth-order valence-corrected chi connectivity index (χ4v) is 0.243. The number of halogens is 1. The van der Waals surface area contributed by atoms with E-state index in [9.17, 15) is 4.79 Å². The zero-order chi connectivity index (χ0) is 4.99. The molecule has 7 heavy (non-hydrogen) atoms. The molecule has 0 aromatic carbocycles. The fourth-order valence-electron chi connectivity index (χ4n) is 0.0808. The van der Waals surface area contributed by atoms with Gasteiger partial charge in [0.2, 0.25) is 0 Å². The number of hydrogen-bond acceptors (Lipinski definition) is 1. The molecule has 0 saturated heterocycles. The Labute approximate surface area is 65.6 Å². The van der Waals surface area contributed by atoms with Gasteiger partial charge in [-0.3, -0.25) is 4.79 Å². The van der Waals surface area contributed by atoms with E-state index in [0.29, 0.717) is 0 Å². The Kier molecular flexibility index (Phi) is 10.0. The van der Waals surface area contributed by atoms with Crippen LogP contribution >= 0.6 is 11.6 Å². The predicted molar refractivity (Wildman–Crippen MR) is 32.9 cm³/mol. The van der Waals surface area contributed by atoms with Crippen LogP contribution in [0.15, 0.2) is 0 Å². The summed E-state index contributed by atoms with van der Waals surface area (Å²) in [7, 11) is 0. The minimum absolute atomic E-state index is 0. The van der Waals surface area contributed by atoms with Crippen molar-refractivity contribution in [2.24, 2.45) is 0 Å². The first-order valence-corrected chi connectivity index (χ1v) is 2.08. The summed E-state index contributed by atoms with van der Waals surface area (Å²) in [4.78, 5) is 9.51. The first-order valence-electron chi connectivity index (χ1n) is 1.55. The second-order valence-electron chi connectivity index (χ2n) is 0.833. The van der Waals surface area contributed by atoms with Gasteiger partial charge in [0.15, 0.2) is 0 Å². The number of alkyl halides is 1. The Morgan fingerprint density at radius 1 is 1.71 bits per heavy atom. The third-order valence-corrected chi connectivity index (χ3v) is 0.497. The Balaban J connectivity index is 0. The zero-order valence-electron chi connectivity index (χ0n) is 3.15. The van der Waals surface area contributed by atoms with Gasteiger partial charge in [0.05, 0.1) is 6.42 Å². The molecule has 0 radical (unpaired) electrons. The Morgan fingerprint density at radius 2 is 2.14 bits per heavy atom. The molecular weight excluding hydrogens is 218 g/mol. The standard InChI is InChI=1S/C3H5ClO2.In.3H/c4-2-1-3(5)6;;;;/h1-2H2,(H,5,6);;;;. The first kappa shape index (κ1) is 10.6. The van der Waals surface area contributed by atoms with Crippen molar-refractivity contribution >= 4 is 43.4 Å².